The summed E-state index contributed by atoms with van der Waals surface area (Å²) in [6.07, 6.45) is 7.19. The van der Waals surface area contributed by atoms with Crippen molar-refractivity contribution in [2.45, 2.75) is 39.2 Å². The Labute approximate surface area is 86.3 Å². The number of nitrogens with zero attached hydrogens (tertiary/aromatic N) is 2. The molecule has 0 bridgehead atoms. The van der Waals surface area contributed by atoms with E-state index in [1.807, 2.05) is 24.1 Å². The molecule has 80 valence electrons. The molecule has 0 aliphatic carbocycles. The Bertz CT molecular complexity index is 265. The minimum atomic E-state index is 0.279. The monoisotopic (exact) mass is 195 g/mol. The molecule has 0 saturated heterocycles. The van der Waals surface area contributed by atoms with Crippen LogP contribution in [0.2, 0.25) is 0 Å². The summed E-state index contributed by atoms with van der Waals surface area (Å²) < 4.78 is 1.82. The first-order chi connectivity index (χ1) is 6.58. The second-order valence-corrected chi connectivity index (χ2v) is 4.46. The van der Waals surface area contributed by atoms with Crippen LogP contribution in [0.15, 0.2) is 12.4 Å². The van der Waals surface area contributed by atoms with Crippen molar-refractivity contribution in [1.82, 2.24) is 9.78 Å². The first-order valence-corrected chi connectivity index (χ1v) is 5.31. The molecule has 3 heteroatoms. The summed E-state index contributed by atoms with van der Waals surface area (Å²) in [4.78, 5) is 0. The SMILES string of the molecule is CC(C)CCC(N)Cc1cnn(C)c1. The second kappa shape index (κ2) is 5.15. The number of hydrogen-bond donors (Lipinski definition) is 1. The Morgan fingerprint density at radius 1 is 1.43 bits per heavy atom. The largest absolute Gasteiger partial charge is 0.327 e. The lowest BCUT2D eigenvalue weighted by Gasteiger charge is -2.11. The van der Waals surface area contributed by atoms with E-state index in [2.05, 4.69) is 18.9 Å². The molecule has 3 nitrogen and oxygen atoms in total. The van der Waals surface area contributed by atoms with E-state index in [1.54, 1.807) is 0 Å². The zero-order chi connectivity index (χ0) is 10.6. The van der Waals surface area contributed by atoms with Crippen molar-refractivity contribution in [3.05, 3.63) is 18.0 Å². The molecule has 0 saturated carbocycles. The van der Waals surface area contributed by atoms with Crippen LogP contribution >= 0.6 is 0 Å². The summed E-state index contributed by atoms with van der Waals surface area (Å²) in [5.41, 5.74) is 7.27. The summed E-state index contributed by atoms with van der Waals surface area (Å²) in [7, 11) is 1.93. The van der Waals surface area contributed by atoms with Crippen molar-refractivity contribution in [2.75, 3.05) is 0 Å². The molecule has 0 spiro atoms. The van der Waals surface area contributed by atoms with E-state index in [9.17, 15) is 0 Å². The molecule has 0 radical (unpaired) electrons. The Balaban J connectivity index is 2.30. The molecule has 0 aliphatic heterocycles. The van der Waals surface area contributed by atoms with Crippen LogP contribution in [0, 0.1) is 5.92 Å². The van der Waals surface area contributed by atoms with Gasteiger partial charge in [-0.2, -0.15) is 5.10 Å². The average molecular weight is 195 g/mol. The molecule has 14 heavy (non-hydrogen) atoms. The fourth-order valence-electron chi connectivity index (χ4n) is 1.53. The topological polar surface area (TPSA) is 43.8 Å². The van der Waals surface area contributed by atoms with Crippen molar-refractivity contribution >= 4 is 0 Å². The Hall–Kier alpha value is -0.830. The Morgan fingerprint density at radius 3 is 2.64 bits per heavy atom. The van der Waals surface area contributed by atoms with Gasteiger partial charge in [0, 0.05) is 19.3 Å². The highest BCUT2D eigenvalue weighted by molar-refractivity contribution is 5.05. The van der Waals surface area contributed by atoms with Gasteiger partial charge in [0.05, 0.1) is 6.20 Å². The van der Waals surface area contributed by atoms with Crippen LogP contribution < -0.4 is 5.73 Å². The Kier molecular flexibility index (Phi) is 4.14. The highest BCUT2D eigenvalue weighted by Crippen LogP contribution is 2.09. The minimum absolute atomic E-state index is 0.279. The first-order valence-electron chi connectivity index (χ1n) is 5.31. The summed E-state index contributed by atoms with van der Waals surface area (Å²) in [6, 6.07) is 0.279. The van der Waals surface area contributed by atoms with E-state index in [-0.39, 0.29) is 6.04 Å². The molecule has 0 aromatic carbocycles. The molecular weight excluding hydrogens is 174 g/mol. The molecular formula is C11H21N3. The summed E-state index contributed by atoms with van der Waals surface area (Å²) in [5.74, 6) is 0.745. The van der Waals surface area contributed by atoms with Gasteiger partial charge in [-0.1, -0.05) is 13.8 Å². The first kappa shape index (κ1) is 11.2. The van der Waals surface area contributed by atoms with Gasteiger partial charge in [-0.15, -0.1) is 0 Å². The Morgan fingerprint density at radius 2 is 2.14 bits per heavy atom. The van der Waals surface area contributed by atoms with Gasteiger partial charge in [-0.05, 0) is 30.7 Å². The van der Waals surface area contributed by atoms with E-state index in [0.717, 1.165) is 18.8 Å². The zero-order valence-electron chi connectivity index (χ0n) is 9.40. The van der Waals surface area contributed by atoms with Gasteiger partial charge in [-0.25, -0.2) is 0 Å². The molecule has 0 aliphatic rings. The second-order valence-electron chi connectivity index (χ2n) is 4.46. The van der Waals surface area contributed by atoms with E-state index >= 15 is 0 Å². The van der Waals surface area contributed by atoms with Gasteiger partial charge in [0.2, 0.25) is 0 Å². The highest BCUT2D eigenvalue weighted by atomic mass is 15.2. The lowest BCUT2D eigenvalue weighted by Crippen LogP contribution is -2.23. The van der Waals surface area contributed by atoms with Crippen molar-refractivity contribution in [3.63, 3.8) is 0 Å². The average Bonchev–Trinajstić information content (AvgIpc) is 2.48. The van der Waals surface area contributed by atoms with E-state index in [4.69, 9.17) is 5.73 Å². The van der Waals surface area contributed by atoms with Crippen molar-refractivity contribution in [3.8, 4) is 0 Å². The van der Waals surface area contributed by atoms with Gasteiger partial charge < -0.3 is 5.73 Å². The number of nitrogens with two attached hydrogens (primary N) is 1. The quantitative estimate of drug-likeness (QED) is 0.777. The minimum Gasteiger partial charge on any atom is -0.327 e. The third kappa shape index (κ3) is 3.92. The number of hydrogen-bond acceptors (Lipinski definition) is 2. The van der Waals surface area contributed by atoms with Crippen LogP contribution in [-0.2, 0) is 13.5 Å². The van der Waals surface area contributed by atoms with Gasteiger partial charge in [0.25, 0.3) is 0 Å². The number of aryl methyl sites for hydroxylation is 1. The van der Waals surface area contributed by atoms with Gasteiger partial charge in [-0.3, -0.25) is 4.68 Å². The number of rotatable bonds is 5. The third-order valence-corrected chi connectivity index (χ3v) is 2.37. The molecule has 0 fully saturated rings. The maximum Gasteiger partial charge on any atom is 0.0522 e. The fourth-order valence-corrected chi connectivity index (χ4v) is 1.53. The molecule has 1 atom stereocenters. The molecule has 1 heterocycles. The van der Waals surface area contributed by atoms with Gasteiger partial charge >= 0.3 is 0 Å². The van der Waals surface area contributed by atoms with Crippen LogP contribution in [0.5, 0.6) is 0 Å². The third-order valence-electron chi connectivity index (χ3n) is 2.37. The fraction of sp³-hybridized carbons (Fsp3) is 0.727. The van der Waals surface area contributed by atoms with Crippen molar-refractivity contribution in [1.29, 1.82) is 0 Å². The lowest BCUT2D eigenvalue weighted by molar-refractivity contribution is 0.494. The zero-order valence-corrected chi connectivity index (χ0v) is 9.40. The standard InChI is InChI=1S/C11H21N3/c1-9(2)4-5-11(12)6-10-7-13-14(3)8-10/h7-9,11H,4-6,12H2,1-3H3. The molecule has 1 aromatic rings. The van der Waals surface area contributed by atoms with Gasteiger partial charge in [0.15, 0.2) is 0 Å². The maximum absolute atomic E-state index is 6.03. The maximum atomic E-state index is 6.03. The summed E-state index contributed by atoms with van der Waals surface area (Å²) in [5, 5.41) is 4.13. The predicted molar refractivity (Wildman–Crippen MR) is 59.0 cm³/mol. The van der Waals surface area contributed by atoms with Crippen LogP contribution in [0.4, 0.5) is 0 Å². The molecule has 2 N–H and O–H groups in total. The van der Waals surface area contributed by atoms with Crippen LogP contribution in [0.25, 0.3) is 0 Å². The highest BCUT2D eigenvalue weighted by Gasteiger charge is 2.06. The van der Waals surface area contributed by atoms with Crippen molar-refractivity contribution in [2.24, 2.45) is 18.7 Å². The summed E-state index contributed by atoms with van der Waals surface area (Å²) >= 11 is 0. The van der Waals surface area contributed by atoms with E-state index in [1.165, 1.54) is 12.0 Å². The molecule has 1 unspecified atom stereocenters. The molecule has 1 aromatic heterocycles. The van der Waals surface area contributed by atoms with Crippen molar-refractivity contribution < 1.29 is 0 Å². The number of aromatic nitrogens is 2. The summed E-state index contributed by atoms with van der Waals surface area (Å²) in [6.45, 7) is 4.47. The van der Waals surface area contributed by atoms with Crippen LogP contribution in [0.1, 0.15) is 32.3 Å². The van der Waals surface area contributed by atoms with E-state index in [0.29, 0.717) is 0 Å². The smallest absolute Gasteiger partial charge is 0.0522 e. The lowest BCUT2D eigenvalue weighted by atomic mass is 10.00. The predicted octanol–water partition coefficient (Wildman–Crippen LogP) is 1.73. The van der Waals surface area contributed by atoms with Gasteiger partial charge in [0.1, 0.15) is 0 Å². The van der Waals surface area contributed by atoms with E-state index < -0.39 is 0 Å². The molecule has 0 amide bonds. The van der Waals surface area contributed by atoms with Crippen LogP contribution in [-0.4, -0.2) is 15.8 Å². The molecule has 1 rings (SSSR count). The normalized spacial score (nSPS) is 13.5. The van der Waals surface area contributed by atoms with Crippen LogP contribution in [0.3, 0.4) is 0 Å².